The molecule has 0 heterocycles. The molecule has 0 aliphatic rings. The second-order valence-corrected chi connectivity index (χ2v) is 5.11. The second-order valence-electron chi connectivity index (χ2n) is 5.11. The van der Waals surface area contributed by atoms with Gasteiger partial charge in [-0.3, -0.25) is 0 Å². The minimum Gasteiger partial charge on any atom is -0.393 e. The van der Waals surface area contributed by atoms with Gasteiger partial charge in [0.05, 0.1) is 6.10 Å². The summed E-state index contributed by atoms with van der Waals surface area (Å²) >= 11 is 0. The van der Waals surface area contributed by atoms with E-state index in [1.54, 1.807) is 0 Å². The molecule has 0 rings (SSSR count). The fourth-order valence-electron chi connectivity index (χ4n) is 1.72. The molecule has 1 atom stereocenters. The molecule has 0 bridgehead atoms. The van der Waals surface area contributed by atoms with Crippen molar-refractivity contribution in [2.24, 2.45) is 0 Å². The Morgan fingerprint density at radius 1 is 0.647 bits per heavy atom. The van der Waals surface area contributed by atoms with Gasteiger partial charge in [0.2, 0.25) is 0 Å². The van der Waals surface area contributed by atoms with Crippen molar-refractivity contribution < 1.29 is 5.11 Å². The van der Waals surface area contributed by atoms with Gasteiger partial charge in [-0.25, -0.2) is 0 Å². The van der Waals surface area contributed by atoms with Crippen LogP contribution in [0.2, 0.25) is 0 Å². The Balaban J connectivity index is 0. The highest BCUT2D eigenvalue weighted by atomic mass is 16.3. The molecule has 0 aliphatic carbocycles. The minimum absolute atomic E-state index is 0.0955. The second kappa shape index (κ2) is 18.3. The molecule has 0 spiro atoms. The van der Waals surface area contributed by atoms with E-state index in [1.165, 1.54) is 64.2 Å². The quantitative estimate of drug-likeness (QED) is 0.488. The van der Waals surface area contributed by atoms with E-state index < -0.39 is 0 Å². The highest BCUT2D eigenvalue weighted by Crippen LogP contribution is 2.04. The highest BCUT2D eigenvalue weighted by Gasteiger charge is 1.93. The topological polar surface area (TPSA) is 20.2 Å². The summed E-state index contributed by atoms with van der Waals surface area (Å²) < 4.78 is 0. The lowest BCUT2D eigenvalue weighted by atomic mass is 10.1. The van der Waals surface area contributed by atoms with Crippen molar-refractivity contribution in [3.63, 3.8) is 0 Å². The van der Waals surface area contributed by atoms with Gasteiger partial charge in [0.15, 0.2) is 0 Å². The lowest BCUT2D eigenvalue weighted by molar-refractivity contribution is 0.180. The molecule has 1 nitrogen and oxygen atoms in total. The Labute approximate surface area is 110 Å². The van der Waals surface area contributed by atoms with Crippen molar-refractivity contribution in [3.05, 3.63) is 0 Å². The highest BCUT2D eigenvalue weighted by molar-refractivity contribution is 4.47. The Bertz CT molecular complexity index is 104. The van der Waals surface area contributed by atoms with E-state index in [1.807, 2.05) is 6.92 Å². The first-order valence-corrected chi connectivity index (χ1v) is 7.87. The number of aliphatic hydroxyl groups excluding tert-OH is 1. The van der Waals surface area contributed by atoms with Crippen LogP contribution in [-0.2, 0) is 0 Å². The zero-order valence-electron chi connectivity index (χ0n) is 12.8. The van der Waals surface area contributed by atoms with Crippen molar-refractivity contribution >= 4 is 0 Å². The summed E-state index contributed by atoms with van der Waals surface area (Å²) in [6.07, 6.45) is 14.4. The van der Waals surface area contributed by atoms with E-state index >= 15 is 0 Å². The molecule has 0 saturated heterocycles. The third-order valence-corrected chi connectivity index (χ3v) is 2.93. The van der Waals surface area contributed by atoms with Gasteiger partial charge in [-0.15, -0.1) is 0 Å². The number of unbranched alkanes of at least 4 members (excludes halogenated alkanes) is 8. The molecule has 1 N–H and O–H groups in total. The minimum atomic E-state index is -0.0955. The Morgan fingerprint density at radius 2 is 1.00 bits per heavy atom. The van der Waals surface area contributed by atoms with Gasteiger partial charge in [-0.1, -0.05) is 85.0 Å². The predicted octanol–water partition coefficient (Wildman–Crippen LogP) is 5.70. The smallest absolute Gasteiger partial charge is 0.0512 e. The lowest BCUT2D eigenvalue weighted by Gasteiger charge is -2.01. The summed E-state index contributed by atoms with van der Waals surface area (Å²) in [5.41, 5.74) is 0. The van der Waals surface area contributed by atoms with Gasteiger partial charge in [0, 0.05) is 0 Å². The standard InChI is InChI=1S/C8H18O.C8H18/c1-3-4-5-6-7-8(2)9;1-3-5-7-8-6-4-2/h8-9H,3-7H2,1-2H3;3-8H2,1-2H3. The SMILES string of the molecule is CCCCCCC(C)O.CCCCCCCC. The van der Waals surface area contributed by atoms with Gasteiger partial charge in [0.25, 0.3) is 0 Å². The molecule has 0 aromatic carbocycles. The van der Waals surface area contributed by atoms with Gasteiger partial charge in [0.1, 0.15) is 0 Å². The van der Waals surface area contributed by atoms with Crippen LogP contribution in [0.3, 0.4) is 0 Å². The van der Waals surface area contributed by atoms with Crippen LogP contribution < -0.4 is 0 Å². The fraction of sp³-hybridized carbons (Fsp3) is 1.00. The zero-order valence-corrected chi connectivity index (χ0v) is 12.8. The van der Waals surface area contributed by atoms with Crippen LogP contribution in [0.15, 0.2) is 0 Å². The summed E-state index contributed by atoms with van der Waals surface area (Å²) in [4.78, 5) is 0. The number of rotatable bonds is 10. The van der Waals surface area contributed by atoms with Crippen molar-refractivity contribution in [1.82, 2.24) is 0 Å². The normalized spacial score (nSPS) is 11.8. The average molecular weight is 244 g/mol. The monoisotopic (exact) mass is 244 g/mol. The van der Waals surface area contributed by atoms with E-state index in [4.69, 9.17) is 5.11 Å². The molecule has 1 unspecified atom stereocenters. The van der Waals surface area contributed by atoms with E-state index in [0.717, 1.165) is 6.42 Å². The van der Waals surface area contributed by atoms with E-state index in [-0.39, 0.29) is 6.10 Å². The molecular formula is C16H36O. The zero-order chi connectivity index (χ0) is 13.4. The first-order chi connectivity index (χ1) is 8.18. The Hall–Kier alpha value is -0.0400. The molecule has 17 heavy (non-hydrogen) atoms. The molecule has 0 aromatic rings. The van der Waals surface area contributed by atoms with Crippen LogP contribution in [-0.4, -0.2) is 11.2 Å². The van der Waals surface area contributed by atoms with Crippen LogP contribution in [0.5, 0.6) is 0 Å². The summed E-state index contributed by atoms with van der Waals surface area (Å²) in [7, 11) is 0. The maximum atomic E-state index is 8.85. The lowest BCUT2D eigenvalue weighted by Crippen LogP contribution is -1.97. The van der Waals surface area contributed by atoms with Crippen LogP contribution in [0, 0.1) is 0 Å². The summed E-state index contributed by atoms with van der Waals surface area (Å²) in [6.45, 7) is 8.56. The van der Waals surface area contributed by atoms with Crippen LogP contribution in [0.4, 0.5) is 0 Å². The molecular weight excluding hydrogens is 208 g/mol. The van der Waals surface area contributed by atoms with E-state index in [2.05, 4.69) is 20.8 Å². The molecule has 0 radical (unpaired) electrons. The van der Waals surface area contributed by atoms with Crippen molar-refractivity contribution in [2.45, 2.75) is 104 Å². The summed E-state index contributed by atoms with van der Waals surface area (Å²) in [5.74, 6) is 0. The van der Waals surface area contributed by atoms with Gasteiger partial charge >= 0.3 is 0 Å². The maximum absolute atomic E-state index is 8.85. The number of hydrogen-bond acceptors (Lipinski definition) is 1. The molecule has 0 fully saturated rings. The molecule has 0 amide bonds. The molecule has 0 saturated carbocycles. The Kier molecular flexibility index (Phi) is 20.8. The maximum Gasteiger partial charge on any atom is 0.0512 e. The summed E-state index contributed by atoms with van der Waals surface area (Å²) in [5, 5.41) is 8.85. The first-order valence-electron chi connectivity index (χ1n) is 7.87. The van der Waals surface area contributed by atoms with Gasteiger partial charge < -0.3 is 5.11 Å². The van der Waals surface area contributed by atoms with Crippen LogP contribution in [0.25, 0.3) is 0 Å². The third kappa shape index (κ3) is 25.9. The molecule has 1 heteroatoms. The van der Waals surface area contributed by atoms with Crippen LogP contribution >= 0.6 is 0 Å². The molecule has 0 aliphatic heterocycles. The predicted molar refractivity (Wildman–Crippen MR) is 79.5 cm³/mol. The van der Waals surface area contributed by atoms with Crippen molar-refractivity contribution in [2.75, 3.05) is 0 Å². The molecule has 106 valence electrons. The van der Waals surface area contributed by atoms with Crippen molar-refractivity contribution in [3.8, 4) is 0 Å². The average Bonchev–Trinajstić information content (AvgIpc) is 2.31. The van der Waals surface area contributed by atoms with E-state index in [0.29, 0.717) is 0 Å². The third-order valence-electron chi connectivity index (χ3n) is 2.93. The first kappa shape index (κ1) is 19.3. The largest absolute Gasteiger partial charge is 0.393 e. The van der Waals surface area contributed by atoms with E-state index in [9.17, 15) is 0 Å². The van der Waals surface area contributed by atoms with Gasteiger partial charge in [-0.05, 0) is 13.3 Å². The van der Waals surface area contributed by atoms with Crippen LogP contribution in [0.1, 0.15) is 98.3 Å². The fourth-order valence-corrected chi connectivity index (χ4v) is 1.72. The van der Waals surface area contributed by atoms with Crippen molar-refractivity contribution in [1.29, 1.82) is 0 Å². The Morgan fingerprint density at radius 3 is 1.29 bits per heavy atom. The summed E-state index contributed by atoms with van der Waals surface area (Å²) in [6, 6.07) is 0. The molecule has 0 aromatic heterocycles. The van der Waals surface area contributed by atoms with Gasteiger partial charge in [-0.2, -0.15) is 0 Å². The number of hydrogen-bond donors (Lipinski definition) is 1. The number of aliphatic hydroxyl groups is 1.